The number of alkyl carbamates (subject to hydrolysis) is 1. The van der Waals surface area contributed by atoms with Crippen LogP contribution in [0.2, 0.25) is 0 Å². The number of hydrogen-bond acceptors (Lipinski definition) is 6. The standard InChI is InChI=1S/C17H15N3O5/c1-24-16-14(10-15(11-19-16)20(22)23)8-5-9-18-17(21)25-12-13-6-3-2-4-7-13/h2-4,6-7,10-11H,9,12H2,1H3,(H,18,21). The maximum atomic E-state index is 11.6. The lowest BCUT2D eigenvalue weighted by atomic mass is 10.2. The molecule has 0 radical (unpaired) electrons. The van der Waals surface area contributed by atoms with Crippen molar-refractivity contribution in [3.8, 4) is 17.7 Å². The number of carbonyl (C=O) groups is 1. The molecule has 0 unspecified atom stereocenters. The molecule has 1 aromatic heterocycles. The molecule has 0 fully saturated rings. The van der Waals surface area contributed by atoms with Gasteiger partial charge in [-0.15, -0.1) is 0 Å². The smallest absolute Gasteiger partial charge is 0.408 e. The van der Waals surface area contributed by atoms with E-state index < -0.39 is 11.0 Å². The van der Waals surface area contributed by atoms with Gasteiger partial charge in [-0.2, -0.15) is 0 Å². The van der Waals surface area contributed by atoms with Gasteiger partial charge in [0, 0.05) is 6.07 Å². The van der Waals surface area contributed by atoms with Crippen molar-refractivity contribution >= 4 is 11.8 Å². The molecule has 1 amide bonds. The van der Waals surface area contributed by atoms with E-state index in [9.17, 15) is 14.9 Å². The van der Waals surface area contributed by atoms with Crippen molar-refractivity contribution in [1.29, 1.82) is 0 Å². The number of aromatic nitrogens is 1. The zero-order valence-corrected chi connectivity index (χ0v) is 13.4. The predicted molar refractivity (Wildman–Crippen MR) is 89.0 cm³/mol. The third-order valence-corrected chi connectivity index (χ3v) is 3.00. The number of ether oxygens (including phenoxy) is 2. The number of nitrogens with one attached hydrogen (secondary N) is 1. The summed E-state index contributed by atoms with van der Waals surface area (Å²) in [6.07, 6.45) is 0.478. The third kappa shape index (κ3) is 5.51. The zero-order chi connectivity index (χ0) is 18.1. The molecule has 0 spiro atoms. The van der Waals surface area contributed by atoms with Crippen molar-refractivity contribution in [1.82, 2.24) is 10.3 Å². The van der Waals surface area contributed by atoms with Crippen molar-refractivity contribution < 1.29 is 19.2 Å². The van der Waals surface area contributed by atoms with Crippen LogP contribution in [0.5, 0.6) is 5.88 Å². The molecule has 2 aromatic rings. The quantitative estimate of drug-likeness (QED) is 0.508. The van der Waals surface area contributed by atoms with Gasteiger partial charge in [-0.25, -0.2) is 9.78 Å². The summed E-state index contributed by atoms with van der Waals surface area (Å²) in [5, 5.41) is 13.2. The highest BCUT2D eigenvalue weighted by Crippen LogP contribution is 2.19. The first-order valence-electron chi connectivity index (χ1n) is 7.22. The minimum absolute atomic E-state index is 0.0134. The van der Waals surface area contributed by atoms with E-state index in [0.29, 0.717) is 0 Å². The van der Waals surface area contributed by atoms with E-state index in [1.54, 1.807) is 0 Å². The summed E-state index contributed by atoms with van der Waals surface area (Å²) in [5.41, 5.74) is 0.938. The normalized spacial score (nSPS) is 9.48. The number of hydrogen-bond donors (Lipinski definition) is 1. The van der Waals surface area contributed by atoms with E-state index in [-0.39, 0.29) is 30.3 Å². The van der Waals surface area contributed by atoms with Crippen molar-refractivity contribution in [3.05, 3.63) is 63.8 Å². The second kappa shape index (κ2) is 8.88. The van der Waals surface area contributed by atoms with Crippen molar-refractivity contribution in [3.63, 3.8) is 0 Å². The Morgan fingerprint density at radius 1 is 1.36 bits per heavy atom. The molecule has 128 valence electrons. The van der Waals surface area contributed by atoms with Crippen LogP contribution in [0.15, 0.2) is 42.6 Å². The molecule has 0 aliphatic heterocycles. The number of pyridine rings is 1. The Hall–Kier alpha value is -3.60. The van der Waals surface area contributed by atoms with Gasteiger partial charge >= 0.3 is 6.09 Å². The Kier molecular flexibility index (Phi) is 6.31. The Bertz CT molecular complexity index is 812. The molecule has 0 aliphatic carbocycles. The van der Waals surface area contributed by atoms with Crippen LogP contribution >= 0.6 is 0 Å². The summed E-state index contributed by atoms with van der Waals surface area (Å²) in [6.45, 7) is 0.169. The lowest BCUT2D eigenvalue weighted by Crippen LogP contribution is -2.24. The topological polar surface area (TPSA) is 104 Å². The average molecular weight is 341 g/mol. The fourth-order valence-corrected chi connectivity index (χ4v) is 1.82. The lowest BCUT2D eigenvalue weighted by Gasteiger charge is -2.04. The van der Waals surface area contributed by atoms with Crippen molar-refractivity contribution in [2.75, 3.05) is 13.7 Å². The molecule has 1 aromatic carbocycles. The van der Waals surface area contributed by atoms with Crippen LogP contribution in [0.4, 0.5) is 10.5 Å². The van der Waals surface area contributed by atoms with Crippen LogP contribution in [0.3, 0.4) is 0 Å². The van der Waals surface area contributed by atoms with Crippen LogP contribution in [0, 0.1) is 22.0 Å². The van der Waals surface area contributed by atoms with Crippen LogP contribution in [-0.4, -0.2) is 29.7 Å². The molecule has 8 heteroatoms. The molecular weight excluding hydrogens is 326 g/mol. The molecule has 0 aliphatic rings. The number of carbonyl (C=O) groups excluding carboxylic acids is 1. The van der Waals surface area contributed by atoms with Gasteiger partial charge in [-0.05, 0) is 5.56 Å². The van der Waals surface area contributed by atoms with Crippen LogP contribution < -0.4 is 10.1 Å². The molecule has 1 N–H and O–H groups in total. The fourth-order valence-electron chi connectivity index (χ4n) is 1.82. The molecule has 2 rings (SSSR count). The summed E-state index contributed by atoms with van der Waals surface area (Å²) in [7, 11) is 1.39. The minimum atomic E-state index is -0.609. The number of benzene rings is 1. The largest absolute Gasteiger partial charge is 0.480 e. The minimum Gasteiger partial charge on any atom is -0.480 e. The number of nitrogens with zero attached hydrogens (tertiary/aromatic N) is 2. The van der Waals surface area contributed by atoms with E-state index in [4.69, 9.17) is 9.47 Å². The number of rotatable bonds is 5. The summed E-state index contributed by atoms with van der Waals surface area (Å²) >= 11 is 0. The number of methoxy groups -OCH3 is 1. The second-order valence-corrected chi connectivity index (χ2v) is 4.72. The van der Waals surface area contributed by atoms with E-state index in [1.165, 1.54) is 13.2 Å². The summed E-state index contributed by atoms with van der Waals surface area (Å²) < 4.78 is 10.0. The van der Waals surface area contributed by atoms with E-state index >= 15 is 0 Å². The van der Waals surface area contributed by atoms with E-state index in [2.05, 4.69) is 22.1 Å². The van der Waals surface area contributed by atoms with Gasteiger partial charge < -0.3 is 14.8 Å². The number of amides is 1. The molecule has 0 saturated heterocycles. The monoisotopic (exact) mass is 341 g/mol. The van der Waals surface area contributed by atoms with Gasteiger partial charge in [0.1, 0.15) is 12.8 Å². The Balaban J connectivity index is 1.88. The summed E-state index contributed by atoms with van der Waals surface area (Å²) in [4.78, 5) is 25.6. The van der Waals surface area contributed by atoms with Gasteiger partial charge in [0.25, 0.3) is 5.69 Å². The first-order chi connectivity index (χ1) is 12.1. The lowest BCUT2D eigenvalue weighted by molar-refractivity contribution is -0.385. The van der Waals surface area contributed by atoms with E-state index in [0.717, 1.165) is 11.8 Å². The molecular formula is C17H15N3O5. The fraction of sp³-hybridized carbons (Fsp3) is 0.176. The molecule has 1 heterocycles. The maximum Gasteiger partial charge on any atom is 0.408 e. The molecule has 0 atom stereocenters. The highest BCUT2D eigenvalue weighted by atomic mass is 16.6. The Morgan fingerprint density at radius 2 is 2.12 bits per heavy atom. The van der Waals surface area contributed by atoms with Crippen LogP contribution in [0.1, 0.15) is 11.1 Å². The predicted octanol–water partition coefficient (Wildman–Crippen LogP) is 2.28. The van der Waals surface area contributed by atoms with E-state index in [1.807, 2.05) is 30.3 Å². The molecule has 0 saturated carbocycles. The molecule has 0 bridgehead atoms. The van der Waals surface area contributed by atoms with Crippen LogP contribution in [-0.2, 0) is 11.3 Å². The average Bonchev–Trinajstić information content (AvgIpc) is 2.64. The van der Waals surface area contributed by atoms with Gasteiger partial charge in [0.05, 0.1) is 24.1 Å². The van der Waals surface area contributed by atoms with Crippen molar-refractivity contribution in [2.45, 2.75) is 6.61 Å². The Morgan fingerprint density at radius 3 is 2.80 bits per heavy atom. The zero-order valence-electron chi connectivity index (χ0n) is 13.4. The SMILES string of the molecule is COc1ncc([N+](=O)[O-])cc1C#CCNC(=O)OCc1ccccc1. The molecule has 25 heavy (non-hydrogen) atoms. The van der Waals surface area contributed by atoms with Crippen molar-refractivity contribution in [2.24, 2.45) is 0 Å². The highest BCUT2D eigenvalue weighted by molar-refractivity contribution is 5.67. The van der Waals surface area contributed by atoms with Gasteiger partial charge in [0.15, 0.2) is 0 Å². The van der Waals surface area contributed by atoms with Gasteiger partial charge in [-0.1, -0.05) is 42.2 Å². The third-order valence-electron chi connectivity index (χ3n) is 3.00. The summed E-state index contributed by atoms with van der Waals surface area (Å²) in [5.74, 6) is 5.51. The molecule has 8 nitrogen and oxygen atoms in total. The first-order valence-corrected chi connectivity index (χ1v) is 7.22. The van der Waals surface area contributed by atoms with Gasteiger partial charge in [0.2, 0.25) is 5.88 Å². The maximum absolute atomic E-state index is 11.6. The number of nitro groups is 1. The highest BCUT2D eigenvalue weighted by Gasteiger charge is 2.11. The van der Waals surface area contributed by atoms with Crippen LogP contribution in [0.25, 0.3) is 0 Å². The Labute approximate surface area is 143 Å². The first kappa shape index (κ1) is 17.7. The summed E-state index contributed by atoms with van der Waals surface area (Å²) in [6, 6.07) is 10.5. The second-order valence-electron chi connectivity index (χ2n) is 4.72. The van der Waals surface area contributed by atoms with Gasteiger partial charge in [-0.3, -0.25) is 10.1 Å².